The molecule has 4 nitrogen and oxygen atoms in total. The predicted octanol–water partition coefficient (Wildman–Crippen LogP) is 1.72. The van der Waals surface area contributed by atoms with Crippen molar-refractivity contribution in [2.45, 2.75) is 32.2 Å². The van der Waals surface area contributed by atoms with E-state index in [1.54, 1.807) is 6.07 Å². The molecule has 0 radical (unpaired) electrons. The zero-order valence-electron chi connectivity index (χ0n) is 9.99. The molecule has 1 aromatic rings. The molecule has 2 rings (SSSR count). The van der Waals surface area contributed by atoms with E-state index in [-0.39, 0.29) is 36.9 Å². The maximum Gasteiger partial charge on any atom is 0.233 e. The molecule has 0 bridgehead atoms. The normalized spacial score (nSPS) is 16.9. The van der Waals surface area contributed by atoms with Crippen LogP contribution in [0.3, 0.4) is 0 Å². The first kappa shape index (κ1) is 12.7. The van der Waals surface area contributed by atoms with Crippen LogP contribution >= 0.6 is 0 Å². The molecule has 0 spiro atoms. The third-order valence-corrected chi connectivity index (χ3v) is 3.02. The highest BCUT2D eigenvalue weighted by molar-refractivity contribution is 6.15. The highest BCUT2D eigenvalue weighted by Gasteiger charge is 2.27. The lowest BCUT2D eigenvalue weighted by Gasteiger charge is -2.19. The van der Waals surface area contributed by atoms with Gasteiger partial charge in [-0.1, -0.05) is 6.07 Å². The topological polar surface area (TPSA) is 63.4 Å². The second-order valence-electron chi connectivity index (χ2n) is 4.32. The van der Waals surface area contributed by atoms with Gasteiger partial charge in [0.1, 0.15) is 5.82 Å². The first-order chi connectivity index (χ1) is 8.63. The quantitative estimate of drug-likeness (QED) is 0.813. The highest BCUT2D eigenvalue weighted by Crippen LogP contribution is 2.25. The third-order valence-electron chi connectivity index (χ3n) is 3.02. The van der Waals surface area contributed by atoms with E-state index >= 15 is 0 Å². The van der Waals surface area contributed by atoms with Crippen LogP contribution in [0.15, 0.2) is 18.2 Å². The van der Waals surface area contributed by atoms with Gasteiger partial charge in [0.05, 0.1) is 5.69 Å². The summed E-state index contributed by atoms with van der Waals surface area (Å²) in [5.74, 6) is -1.25. The molecule has 18 heavy (non-hydrogen) atoms. The molecule has 1 aliphatic rings. The summed E-state index contributed by atoms with van der Waals surface area (Å²) in [7, 11) is 0. The maximum absolute atomic E-state index is 13.9. The van der Waals surface area contributed by atoms with Crippen molar-refractivity contribution in [2.75, 3.05) is 4.90 Å². The minimum absolute atomic E-state index is 0.0316. The number of nitrogens with zero attached hydrogens (tertiary/aromatic N) is 1. The largest absolute Gasteiger partial charge is 0.326 e. The number of rotatable bonds is 2. The van der Waals surface area contributed by atoms with Crippen LogP contribution in [0.4, 0.5) is 10.1 Å². The lowest BCUT2D eigenvalue weighted by atomic mass is 10.1. The van der Waals surface area contributed by atoms with Gasteiger partial charge < -0.3 is 5.73 Å². The highest BCUT2D eigenvalue weighted by atomic mass is 19.1. The Kier molecular flexibility index (Phi) is 3.72. The summed E-state index contributed by atoms with van der Waals surface area (Å²) in [6.45, 7) is 0.221. The van der Waals surface area contributed by atoms with Crippen molar-refractivity contribution in [3.63, 3.8) is 0 Å². The minimum atomic E-state index is -0.582. The number of carbonyl (C=O) groups is 2. The minimum Gasteiger partial charge on any atom is -0.326 e. The molecule has 2 N–H and O–H groups in total. The van der Waals surface area contributed by atoms with Crippen molar-refractivity contribution in [1.82, 2.24) is 0 Å². The number of hydrogen-bond donors (Lipinski definition) is 1. The molecule has 1 heterocycles. The number of halogens is 1. The zero-order valence-corrected chi connectivity index (χ0v) is 9.99. The van der Waals surface area contributed by atoms with Crippen LogP contribution in [0.5, 0.6) is 0 Å². The predicted molar refractivity (Wildman–Crippen MR) is 65.3 cm³/mol. The average Bonchev–Trinajstić information content (AvgIpc) is 2.51. The summed E-state index contributed by atoms with van der Waals surface area (Å²) in [6.07, 6.45) is 1.90. The van der Waals surface area contributed by atoms with E-state index in [0.717, 1.165) is 4.90 Å². The van der Waals surface area contributed by atoms with Gasteiger partial charge in [-0.3, -0.25) is 9.59 Å². The number of imide groups is 1. The van der Waals surface area contributed by atoms with E-state index in [1.807, 2.05) is 0 Å². The van der Waals surface area contributed by atoms with Crippen LogP contribution in [0.1, 0.15) is 31.2 Å². The lowest BCUT2D eigenvalue weighted by Crippen LogP contribution is -2.35. The van der Waals surface area contributed by atoms with E-state index in [0.29, 0.717) is 18.4 Å². The maximum atomic E-state index is 13.9. The van der Waals surface area contributed by atoms with Crippen molar-refractivity contribution in [3.05, 3.63) is 29.6 Å². The Bertz CT molecular complexity index is 470. The summed E-state index contributed by atoms with van der Waals surface area (Å²) in [4.78, 5) is 24.7. The fourth-order valence-electron chi connectivity index (χ4n) is 2.04. The first-order valence-corrected chi connectivity index (χ1v) is 5.97. The molecule has 0 aromatic heterocycles. The van der Waals surface area contributed by atoms with Crippen LogP contribution in [0.25, 0.3) is 0 Å². The number of benzene rings is 1. The molecular formula is C13H15FN2O2. The van der Waals surface area contributed by atoms with Gasteiger partial charge in [0, 0.05) is 19.4 Å². The van der Waals surface area contributed by atoms with Gasteiger partial charge in [-0.2, -0.15) is 0 Å². The van der Waals surface area contributed by atoms with Crippen molar-refractivity contribution in [1.29, 1.82) is 0 Å². The number of anilines is 1. The molecule has 0 saturated carbocycles. The third kappa shape index (κ3) is 2.41. The Morgan fingerprint density at radius 1 is 1.17 bits per heavy atom. The molecule has 1 fully saturated rings. The fourth-order valence-corrected chi connectivity index (χ4v) is 2.04. The summed E-state index contributed by atoms with van der Waals surface area (Å²) in [5.41, 5.74) is 6.07. The van der Waals surface area contributed by atoms with Crippen molar-refractivity contribution in [2.24, 2.45) is 5.73 Å². The van der Waals surface area contributed by atoms with Gasteiger partial charge in [-0.25, -0.2) is 9.29 Å². The number of nitrogens with two attached hydrogens (primary N) is 1. The van der Waals surface area contributed by atoms with Crippen LogP contribution in [0.2, 0.25) is 0 Å². The van der Waals surface area contributed by atoms with Gasteiger partial charge in [0.15, 0.2) is 0 Å². The molecule has 96 valence electrons. The summed E-state index contributed by atoms with van der Waals surface area (Å²) in [5, 5.41) is 0. The second kappa shape index (κ2) is 5.27. The second-order valence-corrected chi connectivity index (χ2v) is 4.32. The Morgan fingerprint density at radius 3 is 2.28 bits per heavy atom. The first-order valence-electron chi connectivity index (χ1n) is 5.97. The Morgan fingerprint density at radius 2 is 1.78 bits per heavy atom. The van der Waals surface area contributed by atoms with Crippen LogP contribution in [-0.4, -0.2) is 11.8 Å². The number of hydrogen-bond acceptors (Lipinski definition) is 3. The molecule has 0 aliphatic carbocycles. The van der Waals surface area contributed by atoms with Crippen LogP contribution in [0, 0.1) is 5.82 Å². The molecule has 1 aromatic carbocycles. The van der Waals surface area contributed by atoms with E-state index in [9.17, 15) is 14.0 Å². The Hall–Kier alpha value is -1.75. The molecule has 0 atom stereocenters. The van der Waals surface area contributed by atoms with E-state index in [1.165, 1.54) is 12.1 Å². The van der Waals surface area contributed by atoms with Crippen molar-refractivity contribution >= 4 is 17.5 Å². The van der Waals surface area contributed by atoms with Gasteiger partial charge in [-0.05, 0) is 30.5 Å². The van der Waals surface area contributed by atoms with E-state index in [4.69, 9.17) is 5.73 Å². The zero-order chi connectivity index (χ0) is 13.1. The van der Waals surface area contributed by atoms with Gasteiger partial charge in [0.2, 0.25) is 11.8 Å². The van der Waals surface area contributed by atoms with Crippen molar-refractivity contribution in [3.8, 4) is 0 Å². The number of amides is 2. The Balaban J connectivity index is 2.39. The fraction of sp³-hybridized carbons (Fsp3) is 0.385. The molecule has 1 saturated heterocycles. The molecule has 5 heteroatoms. The molecular weight excluding hydrogens is 235 g/mol. The summed E-state index contributed by atoms with van der Waals surface area (Å²) >= 11 is 0. The van der Waals surface area contributed by atoms with Gasteiger partial charge in [-0.15, -0.1) is 0 Å². The lowest BCUT2D eigenvalue weighted by molar-refractivity contribution is -0.125. The SMILES string of the molecule is NCc1ccc(N2C(=O)CCCCC2=O)c(F)c1. The van der Waals surface area contributed by atoms with E-state index in [2.05, 4.69) is 0 Å². The van der Waals surface area contributed by atoms with Crippen LogP contribution < -0.4 is 10.6 Å². The molecule has 2 amide bonds. The van der Waals surface area contributed by atoms with Crippen LogP contribution in [-0.2, 0) is 16.1 Å². The van der Waals surface area contributed by atoms with Crippen molar-refractivity contribution < 1.29 is 14.0 Å². The molecule has 1 aliphatic heterocycles. The monoisotopic (exact) mass is 250 g/mol. The Labute approximate surface area is 105 Å². The van der Waals surface area contributed by atoms with E-state index < -0.39 is 5.82 Å². The van der Waals surface area contributed by atoms with Gasteiger partial charge >= 0.3 is 0 Å². The standard InChI is InChI=1S/C13H15FN2O2/c14-10-7-9(8-15)5-6-11(10)16-12(17)3-1-2-4-13(16)18/h5-7H,1-4,8,15H2. The summed E-state index contributed by atoms with van der Waals surface area (Å²) in [6, 6.07) is 4.34. The van der Waals surface area contributed by atoms with Gasteiger partial charge in [0.25, 0.3) is 0 Å². The average molecular weight is 250 g/mol. The summed E-state index contributed by atoms with van der Waals surface area (Å²) < 4.78 is 13.9. The number of carbonyl (C=O) groups excluding carboxylic acids is 2. The molecule has 0 unspecified atom stereocenters. The smallest absolute Gasteiger partial charge is 0.233 e.